The van der Waals surface area contributed by atoms with Gasteiger partial charge in [-0.1, -0.05) is 17.7 Å². The molecule has 0 aliphatic carbocycles. The quantitative estimate of drug-likeness (QED) is 0.883. The summed E-state index contributed by atoms with van der Waals surface area (Å²) in [5, 5.41) is 9.02. The molecule has 0 radical (unpaired) electrons. The summed E-state index contributed by atoms with van der Waals surface area (Å²) in [5.41, 5.74) is 2.19. The van der Waals surface area contributed by atoms with Gasteiger partial charge in [-0.25, -0.2) is 0 Å². The van der Waals surface area contributed by atoms with Crippen LogP contribution in [0, 0.1) is 6.92 Å². The number of H-pyrrole nitrogens is 1. The fraction of sp³-hybridized carbons (Fsp3) is 0.214. The van der Waals surface area contributed by atoms with Crippen molar-refractivity contribution in [2.24, 2.45) is 0 Å². The van der Waals surface area contributed by atoms with Gasteiger partial charge in [-0.3, -0.25) is 14.7 Å². The van der Waals surface area contributed by atoms with Crippen LogP contribution in [0.5, 0.6) is 0 Å². The molecule has 0 fully saturated rings. The molecule has 2 N–H and O–H groups in total. The fourth-order valence-corrected chi connectivity index (χ4v) is 1.71. The molecule has 0 saturated carbocycles. The molecule has 104 valence electrons. The van der Waals surface area contributed by atoms with E-state index < -0.39 is 0 Å². The number of nitrogens with zero attached hydrogens (tertiary/aromatic N) is 2. The monoisotopic (exact) mass is 272 g/mol. The van der Waals surface area contributed by atoms with Crippen LogP contribution in [-0.4, -0.2) is 40.5 Å². The normalized spacial score (nSPS) is 10.1. The van der Waals surface area contributed by atoms with Crippen molar-refractivity contribution >= 4 is 17.5 Å². The lowest BCUT2D eigenvalue weighted by molar-refractivity contribution is -0.116. The third-order valence-corrected chi connectivity index (χ3v) is 2.79. The van der Waals surface area contributed by atoms with Crippen LogP contribution in [0.1, 0.15) is 16.1 Å². The summed E-state index contributed by atoms with van der Waals surface area (Å²) in [6.45, 7) is 1.95. The zero-order chi connectivity index (χ0) is 14.5. The first-order valence-corrected chi connectivity index (χ1v) is 6.17. The minimum absolute atomic E-state index is 0.0221. The molecule has 0 saturated heterocycles. The Morgan fingerprint density at radius 1 is 1.25 bits per heavy atom. The standard InChI is InChI=1S/C14H16N4O2/c1-10-3-5-11(6-4-10)16-13(19)9-18(2)14(20)12-7-8-15-17-12/h3-8H,9H2,1-2H3,(H,15,17)(H,16,19). The maximum atomic E-state index is 11.9. The van der Waals surface area contributed by atoms with Crippen molar-refractivity contribution in [3.63, 3.8) is 0 Å². The molecular weight excluding hydrogens is 256 g/mol. The van der Waals surface area contributed by atoms with Crippen LogP contribution in [-0.2, 0) is 4.79 Å². The van der Waals surface area contributed by atoms with Gasteiger partial charge in [0, 0.05) is 18.9 Å². The highest BCUT2D eigenvalue weighted by Crippen LogP contribution is 2.08. The highest BCUT2D eigenvalue weighted by Gasteiger charge is 2.15. The van der Waals surface area contributed by atoms with E-state index in [9.17, 15) is 9.59 Å². The fourth-order valence-electron chi connectivity index (χ4n) is 1.71. The van der Waals surface area contributed by atoms with Gasteiger partial charge in [0.2, 0.25) is 5.91 Å². The molecule has 0 aliphatic rings. The summed E-state index contributed by atoms with van der Waals surface area (Å²) in [7, 11) is 1.57. The average molecular weight is 272 g/mol. The van der Waals surface area contributed by atoms with Crippen LogP contribution in [0.4, 0.5) is 5.69 Å². The zero-order valence-corrected chi connectivity index (χ0v) is 11.4. The number of nitrogens with one attached hydrogen (secondary N) is 2. The molecule has 20 heavy (non-hydrogen) atoms. The summed E-state index contributed by atoms with van der Waals surface area (Å²) in [6.07, 6.45) is 1.49. The number of carbonyl (C=O) groups is 2. The smallest absolute Gasteiger partial charge is 0.272 e. The van der Waals surface area contributed by atoms with Gasteiger partial charge in [0.25, 0.3) is 5.91 Å². The van der Waals surface area contributed by atoms with Gasteiger partial charge in [-0.15, -0.1) is 0 Å². The van der Waals surface area contributed by atoms with Crippen LogP contribution in [0.2, 0.25) is 0 Å². The van der Waals surface area contributed by atoms with E-state index in [0.717, 1.165) is 5.56 Å². The van der Waals surface area contributed by atoms with Crippen molar-refractivity contribution in [2.45, 2.75) is 6.92 Å². The lowest BCUT2D eigenvalue weighted by Gasteiger charge is -2.15. The number of rotatable bonds is 4. The Balaban J connectivity index is 1.91. The van der Waals surface area contributed by atoms with Gasteiger partial charge in [0.05, 0.1) is 6.54 Å². The molecule has 0 atom stereocenters. The Bertz CT molecular complexity index is 590. The maximum Gasteiger partial charge on any atom is 0.272 e. The van der Waals surface area contributed by atoms with Crippen LogP contribution >= 0.6 is 0 Å². The van der Waals surface area contributed by atoms with E-state index in [4.69, 9.17) is 0 Å². The highest BCUT2D eigenvalue weighted by atomic mass is 16.2. The largest absolute Gasteiger partial charge is 0.331 e. The molecule has 1 aromatic carbocycles. The highest BCUT2D eigenvalue weighted by molar-refractivity contribution is 5.98. The molecule has 2 amide bonds. The van der Waals surface area contributed by atoms with Crippen molar-refractivity contribution in [3.05, 3.63) is 47.8 Å². The molecule has 0 unspecified atom stereocenters. The molecule has 2 rings (SSSR count). The van der Waals surface area contributed by atoms with Gasteiger partial charge in [0.15, 0.2) is 0 Å². The molecule has 2 aromatic rings. The molecule has 6 nitrogen and oxygen atoms in total. The van der Waals surface area contributed by atoms with Crippen LogP contribution in [0.15, 0.2) is 36.5 Å². The summed E-state index contributed by atoms with van der Waals surface area (Å²) >= 11 is 0. The maximum absolute atomic E-state index is 11.9. The lowest BCUT2D eigenvalue weighted by atomic mass is 10.2. The Labute approximate surface area is 116 Å². The molecule has 0 spiro atoms. The van der Waals surface area contributed by atoms with Crippen molar-refractivity contribution in [3.8, 4) is 0 Å². The molecule has 6 heteroatoms. The van der Waals surface area contributed by atoms with Crippen LogP contribution in [0.3, 0.4) is 0 Å². The third-order valence-electron chi connectivity index (χ3n) is 2.79. The SMILES string of the molecule is Cc1ccc(NC(=O)CN(C)C(=O)c2ccn[nH]2)cc1. The van der Waals surface area contributed by atoms with E-state index in [-0.39, 0.29) is 18.4 Å². The number of aryl methyl sites for hydroxylation is 1. The van der Waals surface area contributed by atoms with Crippen LogP contribution < -0.4 is 5.32 Å². The second-order valence-electron chi connectivity index (χ2n) is 4.55. The number of amides is 2. The number of benzene rings is 1. The minimum Gasteiger partial charge on any atom is -0.331 e. The average Bonchev–Trinajstić information content (AvgIpc) is 2.94. The Hall–Kier alpha value is -2.63. The van der Waals surface area contributed by atoms with E-state index >= 15 is 0 Å². The molecular formula is C14H16N4O2. The number of hydrogen-bond donors (Lipinski definition) is 2. The minimum atomic E-state index is -0.276. The second-order valence-corrected chi connectivity index (χ2v) is 4.55. The van der Waals surface area contributed by atoms with E-state index in [1.165, 1.54) is 11.1 Å². The van der Waals surface area contributed by atoms with Crippen molar-refractivity contribution in [1.82, 2.24) is 15.1 Å². The van der Waals surface area contributed by atoms with E-state index in [1.54, 1.807) is 13.1 Å². The third kappa shape index (κ3) is 3.44. The number of carbonyl (C=O) groups excluding carboxylic acids is 2. The lowest BCUT2D eigenvalue weighted by Crippen LogP contribution is -2.35. The second kappa shape index (κ2) is 6.01. The molecule has 1 heterocycles. The van der Waals surface area contributed by atoms with Gasteiger partial charge in [-0.05, 0) is 25.1 Å². The Morgan fingerprint density at radius 3 is 2.55 bits per heavy atom. The first kappa shape index (κ1) is 13.8. The number of anilines is 1. The van der Waals surface area contributed by atoms with E-state index in [2.05, 4.69) is 15.5 Å². The summed E-state index contributed by atoms with van der Waals surface area (Å²) < 4.78 is 0. The number of hydrogen-bond acceptors (Lipinski definition) is 3. The zero-order valence-electron chi connectivity index (χ0n) is 11.4. The predicted octanol–water partition coefficient (Wildman–Crippen LogP) is 1.43. The van der Waals surface area contributed by atoms with Crippen molar-refractivity contribution in [1.29, 1.82) is 0 Å². The summed E-state index contributed by atoms with van der Waals surface area (Å²) in [4.78, 5) is 25.1. The first-order chi connectivity index (χ1) is 9.56. The predicted molar refractivity (Wildman–Crippen MR) is 75.4 cm³/mol. The topological polar surface area (TPSA) is 78.1 Å². The van der Waals surface area contributed by atoms with Gasteiger partial charge < -0.3 is 10.2 Å². The molecule has 0 bridgehead atoms. The first-order valence-electron chi connectivity index (χ1n) is 6.17. The molecule has 1 aromatic heterocycles. The Morgan fingerprint density at radius 2 is 1.95 bits per heavy atom. The number of aromatic nitrogens is 2. The van der Waals surface area contributed by atoms with Gasteiger partial charge >= 0.3 is 0 Å². The summed E-state index contributed by atoms with van der Waals surface area (Å²) in [5.74, 6) is -0.522. The number of likely N-dealkylation sites (N-methyl/N-ethyl adjacent to an activating group) is 1. The van der Waals surface area contributed by atoms with E-state index in [1.807, 2.05) is 31.2 Å². The van der Waals surface area contributed by atoms with Crippen LogP contribution in [0.25, 0.3) is 0 Å². The van der Waals surface area contributed by atoms with Gasteiger partial charge in [-0.2, -0.15) is 5.10 Å². The Kier molecular flexibility index (Phi) is 4.14. The van der Waals surface area contributed by atoms with E-state index in [0.29, 0.717) is 11.4 Å². The number of aromatic amines is 1. The summed E-state index contributed by atoms with van der Waals surface area (Å²) in [6, 6.07) is 9.04. The van der Waals surface area contributed by atoms with Crippen molar-refractivity contribution < 1.29 is 9.59 Å². The molecule has 0 aliphatic heterocycles. The van der Waals surface area contributed by atoms with Gasteiger partial charge in [0.1, 0.15) is 5.69 Å². The van der Waals surface area contributed by atoms with Crippen molar-refractivity contribution in [2.75, 3.05) is 18.9 Å².